The minimum atomic E-state index is -1.31. The van der Waals surface area contributed by atoms with E-state index < -0.39 is 17.4 Å². The average Bonchev–Trinajstić information content (AvgIpc) is 3.29. The lowest BCUT2D eigenvalue weighted by Crippen LogP contribution is -2.51. The summed E-state index contributed by atoms with van der Waals surface area (Å²) in [5.41, 5.74) is 3.92. The standard InChI is InChI=1S/C30H34N6O3/c1-20-9-10-22-23(16-20)24(30(4,38)25-18-32-19-34(25)6)17-21-8-7-11-33-26(21)27(22)35-12-14-36(15-13-35)28(37)39-29(2,3)31-5/h7-11,16-19,27,38H,12-15H2,1-4,6H3/t27-,30-/m0/s1. The molecule has 2 aliphatic rings. The van der Waals surface area contributed by atoms with Gasteiger partial charge < -0.3 is 19.3 Å². The number of aliphatic hydroxyl groups is 1. The molecule has 202 valence electrons. The van der Waals surface area contributed by atoms with E-state index in [-0.39, 0.29) is 6.04 Å². The normalized spacial score (nSPS) is 19.2. The van der Waals surface area contributed by atoms with E-state index in [0.29, 0.717) is 31.9 Å². The molecule has 1 aliphatic carbocycles. The van der Waals surface area contributed by atoms with Crippen molar-refractivity contribution < 1.29 is 14.6 Å². The highest BCUT2D eigenvalue weighted by molar-refractivity contribution is 5.90. The second kappa shape index (κ2) is 9.95. The lowest BCUT2D eigenvalue weighted by atomic mass is 9.83. The Balaban J connectivity index is 1.55. The summed E-state index contributed by atoms with van der Waals surface area (Å²) in [6.45, 7) is 16.5. The Hall–Kier alpha value is -4.00. The van der Waals surface area contributed by atoms with Gasteiger partial charge in [0.25, 0.3) is 0 Å². The Bertz CT molecular complexity index is 1470. The number of nitrogens with zero attached hydrogens (tertiary/aromatic N) is 6. The van der Waals surface area contributed by atoms with E-state index in [1.165, 1.54) is 0 Å². The summed E-state index contributed by atoms with van der Waals surface area (Å²) in [4.78, 5) is 29.2. The molecular weight excluding hydrogens is 492 g/mol. The second-order valence-corrected chi connectivity index (χ2v) is 10.9. The van der Waals surface area contributed by atoms with Crippen molar-refractivity contribution in [3.63, 3.8) is 0 Å². The Labute approximate surface area is 229 Å². The van der Waals surface area contributed by atoms with Crippen molar-refractivity contribution in [2.45, 2.75) is 45.1 Å². The van der Waals surface area contributed by atoms with E-state index in [4.69, 9.17) is 16.3 Å². The van der Waals surface area contributed by atoms with E-state index in [2.05, 4.69) is 39.9 Å². The maximum Gasteiger partial charge on any atom is 0.415 e. The van der Waals surface area contributed by atoms with Gasteiger partial charge in [0.1, 0.15) is 5.60 Å². The van der Waals surface area contributed by atoms with E-state index in [0.717, 1.165) is 33.5 Å². The molecule has 0 spiro atoms. The molecule has 9 heteroatoms. The van der Waals surface area contributed by atoms with Crippen molar-refractivity contribution >= 4 is 17.7 Å². The van der Waals surface area contributed by atoms with Crippen molar-refractivity contribution in [2.24, 2.45) is 7.05 Å². The van der Waals surface area contributed by atoms with Gasteiger partial charge in [0.2, 0.25) is 0 Å². The van der Waals surface area contributed by atoms with Crippen LogP contribution in [0.4, 0.5) is 4.79 Å². The topological polar surface area (TPSA) is 88.1 Å². The summed E-state index contributed by atoms with van der Waals surface area (Å²) in [7, 11) is 1.88. The lowest BCUT2D eigenvalue weighted by molar-refractivity contribution is 0.0236. The number of hydrogen-bond donors (Lipinski definition) is 1. The number of carbonyl (C=O) groups excluding carboxylic acids is 1. The fraction of sp³-hybridized carbons (Fsp3) is 0.400. The SMILES string of the molecule is [C-]#[N+]C(C)(C)OC(=O)N1CCN([C@H]2c3ccc(C)cc3C([C@](C)(O)c3cncn3C)=Cc3cccnc32)CC1. The monoisotopic (exact) mass is 526 g/mol. The summed E-state index contributed by atoms with van der Waals surface area (Å²) in [5.74, 6) is 0. The van der Waals surface area contributed by atoms with Crippen LogP contribution in [0.1, 0.15) is 60.5 Å². The molecule has 0 unspecified atom stereocenters. The van der Waals surface area contributed by atoms with Gasteiger partial charge in [0.05, 0.1) is 43.8 Å². The predicted octanol–water partition coefficient (Wildman–Crippen LogP) is 4.38. The number of hydrogen-bond acceptors (Lipinski definition) is 6. The number of fused-ring (bicyclic) bond motifs is 2. The summed E-state index contributed by atoms with van der Waals surface area (Å²) in [6.07, 6.45) is 6.78. The van der Waals surface area contributed by atoms with Gasteiger partial charge in [-0.05, 0) is 48.3 Å². The van der Waals surface area contributed by atoms with Crippen LogP contribution in [-0.4, -0.2) is 67.4 Å². The van der Waals surface area contributed by atoms with Crippen molar-refractivity contribution in [3.8, 4) is 0 Å². The van der Waals surface area contributed by atoms with Crippen LogP contribution in [-0.2, 0) is 17.4 Å². The fourth-order valence-electron chi connectivity index (χ4n) is 5.50. The number of imidazole rings is 1. The molecule has 3 aromatic rings. The Morgan fingerprint density at radius 3 is 2.59 bits per heavy atom. The maximum absolute atomic E-state index is 12.7. The van der Waals surface area contributed by atoms with Crippen LogP contribution in [0, 0.1) is 13.5 Å². The molecule has 2 aromatic heterocycles. The van der Waals surface area contributed by atoms with Crippen molar-refractivity contribution in [3.05, 3.63) is 94.1 Å². The van der Waals surface area contributed by atoms with Gasteiger partial charge in [-0.2, -0.15) is 0 Å². The largest absolute Gasteiger partial charge is 0.415 e. The highest BCUT2D eigenvalue weighted by atomic mass is 16.6. The number of amides is 1. The minimum absolute atomic E-state index is 0.175. The Morgan fingerprint density at radius 2 is 1.92 bits per heavy atom. The molecule has 1 aromatic carbocycles. The number of pyridine rings is 1. The molecule has 1 amide bonds. The number of aromatic nitrogens is 3. The van der Waals surface area contributed by atoms with Crippen molar-refractivity contribution in [1.82, 2.24) is 24.3 Å². The first kappa shape index (κ1) is 26.6. The van der Waals surface area contributed by atoms with Gasteiger partial charge >= 0.3 is 11.8 Å². The molecule has 0 saturated carbocycles. The Morgan fingerprint density at radius 1 is 1.18 bits per heavy atom. The first-order valence-electron chi connectivity index (χ1n) is 13.1. The maximum atomic E-state index is 12.7. The first-order chi connectivity index (χ1) is 18.5. The molecule has 39 heavy (non-hydrogen) atoms. The molecule has 1 fully saturated rings. The second-order valence-electron chi connectivity index (χ2n) is 10.9. The number of benzene rings is 1. The highest BCUT2D eigenvalue weighted by Gasteiger charge is 2.40. The van der Waals surface area contributed by atoms with Crippen LogP contribution >= 0.6 is 0 Å². The van der Waals surface area contributed by atoms with Crippen LogP contribution in [0.25, 0.3) is 16.5 Å². The predicted molar refractivity (Wildman–Crippen MR) is 148 cm³/mol. The van der Waals surface area contributed by atoms with Crippen LogP contribution < -0.4 is 0 Å². The molecule has 1 aliphatic heterocycles. The van der Waals surface area contributed by atoms with Crippen LogP contribution in [0.2, 0.25) is 0 Å². The van der Waals surface area contributed by atoms with E-state index >= 15 is 0 Å². The third-order valence-corrected chi connectivity index (χ3v) is 7.61. The molecule has 2 atom stereocenters. The zero-order valence-corrected chi connectivity index (χ0v) is 23.0. The van der Waals surface area contributed by atoms with E-state index in [1.807, 2.05) is 36.7 Å². The smallest absolute Gasteiger partial charge is 0.379 e. The number of aryl methyl sites for hydroxylation is 2. The number of rotatable bonds is 4. The molecule has 1 N–H and O–H groups in total. The number of piperazine rings is 1. The van der Waals surface area contributed by atoms with Gasteiger partial charge in [-0.15, -0.1) is 0 Å². The third-order valence-electron chi connectivity index (χ3n) is 7.61. The quantitative estimate of drug-likeness (QED) is 0.508. The molecular formula is C30H34N6O3. The summed E-state index contributed by atoms with van der Waals surface area (Å²) in [5, 5.41) is 12.0. The summed E-state index contributed by atoms with van der Waals surface area (Å²) in [6, 6.07) is 10.1. The Kier molecular flexibility index (Phi) is 6.79. The van der Waals surface area contributed by atoms with Gasteiger partial charge in [-0.1, -0.05) is 29.8 Å². The molecule has 0 bridgehead atoms. The molecule has 9 nitrogen and oxygen atoms in total. The molecule has 5 rings (SSSR count). The van der Waals surface area contributed by atoms with Gasteiger partial charge in [0, 0.05) is 39.4 Å². The zero-order valence-electron chi connectivity index (χ0n) is 23.0. The fourth-order valence-corrected chi connectivity index (χ4v) is 5.50. The summed E-state index contributed by atoms with van der Waals surface area (Å²) >= 11 is 0. The van der Waals surface area contributed by atoms with Crippen LogP contribution in [0.3, 0.4) is 0 Å². The number of ether oxygens (including phenoxy) is 1. The van der Waals surface area contributed by atoms with Gasteiger partial charge in [-0.25, -0.2) is 16.4 Å². The highest BCUT2D eigenvalue weighted by Crippen LogP contribution is 2.46. The van der Waals surface area contributed by atoms with E-state index in [9.17, 15) is 9.90 Å². The zero-order chi connectivity index (χ0) is 27.9. The van der Waals surface area contributed by atoms with Crippen LogP contribution in [0.15, 0.2) is 49.1 Å². The van der Waals surface area contributed by atoms with Crippen LogP contribution in [0.5, 0.6) is 0 Å². The van der Waals surface area contributed by atoms with Crippen molar-refractivity contribution in [1.29, 1.82) is 0 Å². The van der Waals surface area contributed by atoms with Gasteiger partial charge in [0.15, 0.2) is 0 Å². The average molecular weight is 527 g/mol. The van der Waals surface area contributed by atoms with Crippen molar-refractivity contribution in [2.75, 3.05) is 26.2 Å². The molecule has 0 radical (unpaired) electrons. The molecule has 1 saturated heterocycles. The lowest BCUT2D eigenvalue weighted by Gasteiger charge is -2.39. The van der Waals surface area contributed by atoms with Gasteiger partial charge in [-0.3, -0.25) is 14.7 Å². The van der Waals surface area contributed by atoms with E-state index in [1.54, 1.807) is 37.5 Å². The third kappa shape index (κ3) is 4.93. The summed E-state index contributed by atoms with van der Waals surface area (Å²) < 4.78 is 7.25. The first-order valence-corrected chi connectivity index (χ1v) is 13.1. The minimum Gasteiger partial charge on any atom is -0.379 e. The number of carbonyl (C=O) groups is 1. The molecule has 3 heterocycles.